The van der Waals surface area contributed by atoms with Gasteiger partial charge in [0.05, 0.1) is 19.2 Å². The van der Waals surface area contributed by atoms with Crippen molar-refractivity contribution in [3.8, 4) is 0 Å². The van der Waals surface area contributed by atoms with Crippen molar-refractivity contribution in [1.82, 2.24) is 15.0 Å². The zero-order valence-corrected chi connectivity index (χ0v) is 16.4. The number of benzene rings is 2. The Hall–Kier alpha value is -2.95. The maximum absolute atomic E-state index is 12.3. The summed E-state index contributed by atoms with van der Waals surface area (Å²) in [6.45, 7) is 9.16. The van der Waals surface area contributed by atoms with E-state index < -0.39 is 0 Å². The van der Waals surface area contributed by atoms with E-state index in [9.17, 15) is 4.79 Å². The van der Waals surface area contributed by atoms with E-state index in [2.05, 4.69) is 79.6 Å². The summed E-state index contributed by atoms with van der Waals surface area (Å²) in [7, 11) is 0. The Kier molecular flexibility index (Phi) is 5.40. The maximum atomic E-state index is 12.3. The largest absolute Gasteiger partial charge is 0.308 e. The molecule has 27 heavy (non-hydrogen) atoms. The zero-order chi connectivity index (χ0) is 19.4. The lowest BCUT2D eigenvalue weighted by Crippen LogP contribution is -2.16. The zero-order valence-electron chi connectivity index (χ0n) is 16.4. The highest BCUT2D eigenvalue weighted by Crippen LogP contribution is 2.22. The van der Waals surface area contributed by atoms with Crippen molar-refractivity contribution in [3.63, 3.8) is 0 Å². The van der Waals surface area contributed by atoms with Crippen LogP contribution in [-0.4, -0.2) is 20.9 Å². The van der Waals surface area contributed by atoms with Crippen molar-refractivity contribution >= 4 is 11.7 Å². The Morgan fingerprint density at radius 2 is 1.63 bits per heavy atom. The summed E-state index contributed by atoms with van der Waals surface area (Å²) in [5, 5.41) is 11.4. The van der Waals surface area contributed by atoms with Crippen molar-refractivity contribution in [2.24, 2.45) is 0 Å². The fourth-order valence-electron chi connectivity index (χ4n) is 2.78. The summed E-state index contributed by atoms with van der Waals surface area (Å²) >= 11 is 0. The Morgan fingerprint density at radius 3 is 2.26 bits per heavy atom. The summed E-state index contributed by atoms with van der Waals surface area (Å²) in [5.41, 5.74) is 4.68. The second kappa shape index (κ2) is 7.74. The number of nitrogens with one attached hydrogen (secondary N) is 1. The summed E-state index contributed by atoms with van der Waals surface area (Å²) in [5.74, 6) is 0.374. The summed E-state index contributed by atoms with van der Waals surface area (Å²) in [6, 6.07) is 16.4. The van der Waals surface area contributed by atoms with Gasteiger partial charge >= 0.3 is 0 Å². The topological polar surface area (TPSA) is 59.8 Å². The van der Waals surface area contributed by atoms with Crippen LogP contribution in [0.5, 0.6) is 0 Å². The minimum atomic E-state index is -0.0964. The molecule has 1 aromatic heterocycles. The van der Waals surface area contributed by atoms with Gasteiger partial charge in [-0.25, -0.2) is 0 Å². The van der Waals surface area contributed by atoms with Crippen molar-refractivity contribution in [1.29, 1.82) is 0 Å². The van der Waals surface area contributed by atoms with E-state index in [4.69, 9.17) is 0 Å². The average molecular weight is 362 g/mol. The van der Waals surface area contributed by atoms with Gasteiger partial charge in [0.1, 0.15) is 0 Å². The van der Waals surface area contributed by atoms with Gasteiger partial charge in [0.15, 0.2) is 5.82 Å². The number of anilines is 1. The van der Waals surface area contributed by atoms with E-state index in [-0.39, 0.29) is 11.3 Å². The third kappa shape index (κ3) is 5.26. The first-order valence-corrected chi connectivity index (χ1v) is 9.14. The number of aryl methyl sites for hydroxylation is 1. The van der Waals surface area contributed by atoms with Gasteiger partial charge < -0.3 is 5.32 Å². The van der Waals surface area contributed by atoms with Crippen molar-refractivity contribution in [3.05, 3.63) is 77.0 Å². The van der Waals surface area contributed by atoms with Crippen LogP contribution < -0.4 is 5.32 Å². The fraction of sp³-hybridized carbons (Fsp3) is 0.318. The van der Waals surface area contributed by atoms with E-state index in [0.29, 0.717) is 18.8 Å². The summed E-state index contributed by atoms with van der Waals surface area (Å²) in [6.07, 6.45) is 1.89. The minimum absolute atomic E-state index is 0.0964. The molecule has 3 rings (SSSR count). The molecule has 0 bridgehead atoms. The molecule has 0 saturated heterocycles. The van der Waals surface area contributed by atoms with Crippen molar-refractivity contribution in [2.45, 2.75) is 46.1 Å². The quantitative estimate of drug-likeness (QED) is 0.743. The third-order valence-corrected chi connectivity index (χ3v) is 4.43. The van der Waals surface area contributed by atoms with Gasteiger partial charge in [0.25, 0.3) is 0 Å². The van der Waals surface area contributed by atoms with Crippen LogP contribution in [0.15, 0.2) is 54.7 Å². The predicted molar refractivity (Wildman–Crippen MR) is 108 cm³/mol. The normalized spacial score (nSPS) is 11.4. The summed E-state index contributed by atoms with van der Waals surface area (Å²) < 4.78 is 0. The second-order valence-corrected chi connectivity index (χ2v) is 7.92. The van der Waals surface area contributed by atoms with Crippen LogP contribution in [0.3, 0.4) is 0 Å². The van der Waals surface area contributed by atoms with Crippen LogP contribution in [-0.2, 0) is 23.2 Å². The highest BCUT2D eigenvalue weighted by Gasteiger charge is 2.13. The van der Waals surface area contributed by atoms with Gasteiger partial charge in [-0.05, 0) is 29.0 Å². The predicted octanol–water partition coefficient (Wildman–Crippen LogP) is 4.11. The lowest BCUT2D eigenvalue weighted by Gasteiger charge is -2.19. The average Bonchev–Trinajstić information content (AvgIpc) is 3.03. The first-order chi connectivity index (χ1) is 12.8. The molecule has 0 spiro atoms. The first kappa shape index (κ1) is 18.8. The molecule has 0 saturated carbocycles. The molecule has 1 amide bonds. The molecular formula is C22H26N4O. The molecule has 0 fully saturated rings. The van der Waals surface area contributed by atoms with Crippen LogP contribution in [0.1, 0.15) is 43.0 Å². The minimum Gasteiger partial charge on any atom is -0.308 e. The molecule has 1 N–H and O–H groups in total. The molecule has 140 valence electrons. The van der Waals surface area contributed by atoms with E-state index in [1.807, 2.05) is 12.1 Å². The molecule has 0 aliphatic heterocycles. The molecular weight excluding hydrogens is 336 g/mol. The van der Waals surface area contributed by atoms with Gasteiger partial charge in [0, 0.05) is 0 Å². The van der Waals surface area contributed by atoms with Gasteiger partial charge in [-0.3, -0.25) is 4.79 Å². The number of amides is 1. The maximum Gasteiger partial charge on any atom is 0.230 e. The van der Waals surface area contributed by atoms with Crippen LogP contribution in [0.2, 0.25) is 0 Å². The Morgan fingerprint density at radius 1 is 1.00 bits per heavy atom. The number of nitrogens with zero attached hydrogens (tertiary/aromatic N) is 3. The lowest BCUT2D eigenvalue weighted by molar-refractivity contribution is -0.115. The summed E-state index contributed by atoms with van der Waals surface area (Å²) in [4.78, 5) is 13.9. The van der Waals surface area contributed by atoms with Crippen molar-refractivity contribution in [2.75, 3.05) is 5.32 Å². The van der Waals surface area contributed by atoms with E-state index in [0.717, 1.165) is 11.1 Å². The van der Waals surface area contributed by atoms with E-state index >= 15 is 0 Å². The van der Waals surface area contributed by atoms with Gasteiger partial charge in [0.2, 0.25) is 5.91 Å². The Labute approximate surface area is 160 Å². The molecule has 0 radical (unpaired) electrons. The molecule has 5 nitrogen and oxygen atoms in total. The number of carbonyl (C=O) groups is 1. The van der Waals surface area contributed by atoms with E-state index in [1.165, 1.54) is 11.1 Å². The Balaban J connectivity index is 1.57. The third-order valence-electron chi connectivity index (χ3n) is 4.43. The number of carbonyl (C=O) groups excluding carboxylic acids is 1. The van der Waals surface area contributed by atoms with E-state index in [1.54, 1.807) is 11.0 Å². The molecule has 2 aromatic carbocycles. The smallest absolute Gasteiger partial charge is 0.230 e. The highest BCUT2D eigenvalue weighted by atomic mass is 16.1. The molecule has 0 atom stereocenters. The number of rotatable bonds is 5. The van der Waals surface area contributed by atoms with Crippen molar-refractivity contribution < 1.29 is 4.79 Å². The van der Waals surface area contributed by atoms with Crippen LogP contribution in [0, 0.1) is 6.92 Å². The standard InChI is InChI=1S/C22H26N4O/c1-16-5-7-18(8-6-16)15-26-23-14-20(25-26)24-21(27)13-17-9-11-19(12-10-17)22(2,3)4/h5-12,14H,13,15H2,1-4H3,(H,24,25,27). The molecule has 3 aromatic rings. The molecule has 5 heteroatoms. The first-order valence-electron chi connectivity index (χ1n) is 9.14. The highest BCUT2D eigenvalue weighted by molar-refractivity contribution is 5.91. The number of aromatic nitrogens is 3. The van der Waals surface area contributed by atoms with Gasteiger partial charge in [-0.2, -0.15) is 9.90 Å². The molecule has 0 unspecified atom stereocenters. The second-order valence-electron chi connectivity index (χ2n) is 7.92. The fourth-order valence-corrected chi connectivity index (χ4v) is 2.78. The van der Waals surface area contributed by atoms with Gasteiger partial charge in [-0.15, -0.1) is 5.10 Å². The molecule has 0 aliphatic rings. The molecule has 0 aliphatic carbocycles. The SMILES string of the molecule is Cc1ccc(Cn2ncc(NC(=O)Cc3ccc(C(C)(C)C)cc3)n2)cc1. The lowest BCUT2D eigenvalue weighted by atomic mass is 9.86. The van der Waals surface area contributed by atoms with Gasteiger partial charge in [-0.1, -0.05) is 74.9 Å². The number of hydrogen-bond acceptors (Lipinski definition) is 3. The van der Waals surface area contributed by atoms with Crippen LogP contribution in [0.4, 0.5) is 5.82 Å². The number of hydrogen-bond donors (Lipinski definition) is 1. The molecule has 1 heterocycles. The monoisotopic (exact) mass is 362 g/mol. The Bertz CT molecular complexity index is 903. The van der Waals surface area contributed by atoms with Crippen LogP contribution in [0.25, 0.3) is 0 Å². The van der Waals surface area contributed by atoms with Crippen LogP contribution >= 0.6 is 0 Å².